The van der Waals surface area contributed by atoms with Crippen molar-refractivity contribution in [2.45, 2.75) is 39.7 Å². The normalized spacial score (nSPS) is 13.1. The van der Waals surface area contributed by atoms with Crippen molar-refractivity contribution < 1.29 is 14.3 Å². The van der Waals surface area contributed by atoms with Crippen molar-refractivity contribution in [3.05, 3.63) is 12.7 Å². The maximum atomic E-state index is 11.5. The number of hydrogen-bond acceptors (Lipinski definition) is 3. The van der Waals surface area contributed by atoms with E-state index >= 15 is 0 Å². The van der Waals surface area contributed by atoms with Gasteiger partial charge in [0.1, 0.15) is 17.3 Å². The predicted octanol–water partition coefficient (Wildman–Crippen LogP) is 2.11. The molecule has 0 saturated heterocycles. The number of hydrogen-bond donors (Lipinski definition) is 0. The molecule has 0 bridgehead atoms. The number of ether oxygens (including phenoxy) is 1. The van der Waals surface area contributed by atoms with Gasteiger partial charge in [-0.3, -0.25) is 9.59 Å². The van der Waals surface area contributed by atoms with Crippen LogP contribution in [0.25, 0.3) is 0 Å². The summed E-state index contributed by atoms with van der Waals surface area (Å²) in [5.74, 6) is -1.35. The van der Waals surface area contributed by atoms with Crippen LogP contribution in [-0.2, 0) is 14.3 Å². The molecule has 0 N–H and O–H groups in total. The predicted molar refractivity (Wildman–Crippen MR) is 54.8 cm³/mol. The van der Waals surface area contributed by atoms with Gasteiger partial charge >= 0.3 is 5.97 Å². The molecule has 14 heavy (non-hydrogen) atoms. The SMILES string of the molecule is C=CC[C@@H](C(C)=O)C(=O)OC(C)(C)C. The van der Waals surface area contributed by atoms with Crippen LogP contribution in [0.1, 0.15) is 34.1 Å². The van der Waals surface area contributed by atoms with Crippen molar-refractivity contribution in [2.75, 3.05) is 0 Å². The van der Waals surface area contributed by atoms with Gasteiger partial charge < -0.3 is 4.74 Å². The first-order chi connectivity index (χ1) is 6.28. The second kappa shape index (κ2) is 4.94. The van der Waals surface area contributed by atoms with Gasteiger partial charge in [0.15, 0.2) is 0 Å². The molecule has 0 spiro atoms. The molecule has 0 aromatic heterocycles. The third kappa shape index (κ3) is 4.80. The Morgan fingerprint density at radius 1 is 1.43 bits per heavy atom. The lowest BCUT2D eigenvalue weighted by molar-refractivity contribution is -0.161. The molecule has 0 saturated carbocycles. The summed E-state index contributed by atoms with van der Waals surface area (Å²) in [5.41, 5.74) is -0.550. The number of esters is 1. The van der Waals surface area contributed by atoms with Gasteiger partial charge in [0, 0.05) is 0 Å². The highest BCUT2D eigenvalue weighted by molar-refractivity contribution is 5.97. The van der Waals surface area contributed by atoms with Crippen molar-refractivity contribution in [3.8, 4) is 0 Å². The Labute approximate surface area is 85.1 Å². The van der Waals surface area contributed by atoms with E-state index in [1.165, 1.54) is 6.92 Å². The van der Waals surface area contributed by atoms with Crippen LogP contribution in [0.2, 0.25) is 0 Å². The Morgan fingerprint density at radius 2 is 1.93 bits per heavy atom. The van der Waals surface area contributed by atoms with Crippen molar-refractivity contribution in [1.29, 1.82) is 0 Å². The molecule has 80 valence electrons. The minimum Gasteiger partial charge on any atom is -0.459 e. The van der Waals surface area contributed by atoms with Gasteiger partial charge in [-0.25, -0.2) is 0 Å². The number of carbonyl (C=O) groups excluding carboxylic acids is 2. The minimum atomic E-state index is -0.702. The van der Waals surface area contributed by atoms with Crippen LogP contribution in [-0.4, -0.2) is 17.4 Å². The molecule has 1 atom stereocenters. The topological polar surface area (TPSA) is 43.4 Å². The fraction of sp³-hybridized carbons (Fsp3) is 0.636. The molecule has 3 nitrogen and oxygen atoms in total. The van der Waals surface area contributed by atoms with Crippen LogP contribution in [0.3, 0.4) is 0 Å². The fourth-order valence-corrected chi connectivity index (χ4v) is 0.968. The first-order valence-corrected chi connectivity index (χ1v) is 4.62. The standard InChI is InChI=1S/C11H18O3/c1-6-7-9(8(2)12)10(13)14-11(3,4)5/h6,9H,1,7H2,2-5H3/t9-/m0/s1. The average molecular weight is 198 g/mol. The molecular weight excluding hydrogens is 180 g/mol. The molecule has 0 aliphatic heterocycles. The van der Waals surface area contributed by atoms with Crippen LogP contribution in [0.5, 0.6) is 0 Å². The summed E-state index contributed by atoms with van der Waals surface area (Å²) < 4.78 is 5.11. The summed E-state index contributed by atoms with van der Waals surface area (Å²) in [6.45, 7) is 10.2. The monoisotopic (exact) mass is 198 g/mol. The summed E-state index contributed by atoms with van der Waals surface area (Å²) in [6.07, 6.45) is 1.89. The largest absolute Gasteiger partial charge is 0.459 e. The van der Waals surface area contributed by atoms with Crippen LogP contribution < -0.4 is 0 Å². The third-order valence-electron chi connectivity index (χ3n) is 1.58. The van der Waals surface area contributed by atoms with Gasteiger partial charge in [0.2, 0.25) is 0 Å². The molecule has 0 aliphatic carbocycles. The first-order valence-electron chi connectivity index (χ1n) is 4.62. The average Bonchev–Trinajstić information content (AvgIpc) is 1.95. The molecule has 0 amide bonds. The molecule has 0 unspecified atom stereocenters. The van der Waals surface area contributed by atoms with Gasteiger partial charge in [-0.2, -0.15) is 0 Å². The fourth-order valence-electron chi connectivity index (χ4n) is 0.968. The van der Waals surface area contributed by atoms with Crippen molar-refractivity contribution in [3.63, 3.8) is 0 Å². The maximum Gasteiger partial charge on any atom is 0.317 e. The zero-order chi connectivity index (χ0) is 11.4. The molecule has 0 aliphatic rings. The molecule has 0 rings (SSSR count). The molecule has 0 aromatic carbocycles. The number of carbonyl (C=O) groups is 2. The Hall–Kier alpha value is -1.12. The number of rotatable bonds is 4. The summed E-state index contributed by atoms with van der Waals surface area (Å²) in [5, 5.41) is 0. The lowest BCUT2D eigenvalue weighted by Gasteiger charge is -2.22. The third-order valence-corrected chi connectivity index (χ3v) is 1.58. The van der Waals surface area contributed by atoms with Crippen molar-refractivity contribution in [2.24, 2.45) is 5.92 Å². The van der Waals surface area contributed by atoms with E-state index in [1.807, 2.05) is 0 Å². The maximum absolute atomic E-state index is 11.5. The molecule has 3 heteroatoms. The van der Waals surface area contributed by atoms with E-state index in [0.29, 0.717) is 6.42 Å². The highest BCUT2D eigenvalue weighted by Crippen LogP contribution is 2.14. The Morgan fingerprint density at radius 3 is 2.21 bits per heavy atom. The van der Waals surface area contributed by atoms with E-state index in [4.69, 9.17) is 4.74 Å². The smallest absolute Gasteiger partial charge is 0.317 e. The van der Waals surface area contributed by atoms with Crippen LogP contribution in [0.15, 0.2) is 12.7 Å². The Kier molecular flexibility index (Phi) is 4.54. The first kappa shape index (κ1) is 12.9. The minimum absolute atomic E-state index is 0.181. The summed E-state index contributed by atoms with van der Waals surface area (Å²) in [6, 6.07) is 0. The van der Waals surface area contributed by atoms with Gasteiger partial charge in [-0.05, 0) is 34.1 Å². The molecular formula is C11H18O3. The second-order valence-corrected chi connectivity index (χ2v) is 4.22. The van der Waals surface area contributed by atoms with E-state index in [1.54, 1.807) is 26.8 Å². The highest BCUT2D eigenvalue weighted by Gasteiger charge is 2.27. The van der Waals surface area contributed by atoms with E-state index in [9.17, 15) is 9.59 Å². The van der Waals surface area contributed by atoms with E-state index in [-0.39, 0.29) is 5.78 Å². The Balaban J connectivity index is 4.45. The molecule has 0 fully saturated rings. The van der Waals surface area contributed by atoms with Gasteiger partial charge in [0.25, 0.3) is 0 Å². The zero-order valence-electron chi connectivity index (χ0n) is 9.29. The Bertz CT molecular complexity index is 235. The number of ketones is 1. The zero-order valence-corrected chi connectivity index (χ0v) is 9.29. The van der Waals surface area contributed by atoms with Crippen molar-refractivity contribution >= 4 is 11.8 Å². The summed E-state index contributed by atoms with van der Waals surface area (Å²) in [4.78, 5) is 22.6. The van der Waals surface area contributed by atoms with Crippen LogP contribution in [0, 0.1) is 5.92 Å². The van der Waals surface area contributed by atoms with Gasteiger partial charge in [-0.1, -0.05) is 6.08 Å². The molecule has 0 radical (unpaired) electrons. The number of allylic oxidation sites excluding steroid dienone is 1. The summed E-state index contributed by atoms with van der Waals surface area (Å²) in [7, 11) is 0. The van der Waals surface area contributed by atoms with Gasteiger partial charge in [-0.15, -0.1) is 6.58 Å². The van der Waals surface area contributed by atoms with E-state index in [2.05, 4.69) is 6.58 Å². The highest BCUT2D eigenvalue weighted by atomic mass is 16.6. The van der Waals surface area contributed by atoms with E-state index < -0.39 is 17.5 Å². The quantitative estimate of drug-likeness (QED) is 0.395. The second-order valence-electron chi connectivity index (χ2n) is 4.22. The lowest BCUT2D eigenvalue weighted by Crippen LogP contribution is -2.31. The van der Waals surface area contributed by atoms with Crippen LogP contribution >= 0.6 is 0 Å². The lowest BCUT2D eigenvalue weighted by atomic mass is 10.0. The molecule has 0 aromatic rings. The van der Waals surface area contributed by atoms with Crippen molar-refractivity contribution in [1.82, 2.24) is 0 Å². The summed E-state index contributed by atoms with van der Waals surface area (Å²) >= 11 is 0. The van der Waals surface area contributed by atoms with Crippen LogP contribution in [0.4, 0.5) is 0 Å². The molecule has 0 heterocycles. The van der Waals surface area contributed by atoms with E-state index in [0.717, 1.165) is 0 Å². The van der Waals surface area contributed by atoms with Gasteiger partial charge in [0.05, 0.1) is 0 Å². The number of Topliss-reactive ketones (excluding diaryl/α,β-unsaturated/α-hetero) is 1.